The summed E-state index contributed by atoms with van der Waals surface area (Å²) in [5.74, 6) is -0.757. The first kappa shape index (κ1) is 19.4. The lowest BCUT2D eigenvalue weighted by Crippen LogP contribution is -2.70. The molecule has 1 aromatic rings. The summed E-state index contributed by atoms with van der Waals surface area (Å²) < 4.78 is 10.4. The maximum absolute atomic E-state index is 12.4. The van der Waals surface area contributed by atoms with Crippen LogP contribution in [0.25, 0.3) is 0 Å². The fourth-order valence-electron chi connectivity index (χ4n) is 2.98. The van der Waals surface area contributed by atoms with E-state index in [1.807, 2.05) is 0 Å². The van der Waals surface area contributed by atoms with Gasteiger partial charge in [-0.05, 0) is 17.7 Å². The summed E-state index contributed by atoms with van der Waals surface area (Å²) >= 11 is 7.24. The van der Waals surface area contributed by atoms with Crippen molar-refractivity contribution in [2.24, 2.45) is 0 Å². The Morgan fingerprint density at radius 3 is 2.67 bits per heavy atom. The van der Waals surface area contributed by atoms with Crippen LogP contribution in [0.4, 0.5) is 0 Å². The van der Waals surface area contributed by atoms with Crippen LogP contribution in [0.3, 0.4) is 0 Å². The largest absolute Gasteiger partial charge is 0.493 e. The number of nitrogens with zero attached hydrogens (tertiary/aromatic N) is 1. The van der Waals surface area contributed by atoms with Gasteiger partial charge in [0.05, 0.1) is 25.7 Å². The minimum absolute atomic E-state index is 0.0455. The van der Waals surface area contributed by atoms with Crippen LogP contribution in [0.1, 0.15) is 5.56 Å². The van der Waals surface area contributed by atoms with E-state index in [4.69, 9.17) is 21.1 Å². The first-order chi connectivity index (χ1) is 12.9. The van der Waals surface area contributed by atoms with E-state index in [1.54, 1.807) is 18.2 Å². The van der Waals surface area contributed by atoms with Gasteiger partial charge in [-0.15, -0.1) is 11.8 Å². The van der Waals surface area contributed by atoms with E-state index in [0.717, 1.165) is 4.90 Å². The van der Waals surface area contributed by atoms with Crippen molar-refractivity contribution in [1.82, 2.24) is 10.2 Å². The second-order valence-corrected chi connectivity index (χ2v) is 7.44. The second kappa shape index (κ2) is 7.69. The molecule has 0 aromatic heterocycles. The van der Waals surface area contributed by atoms with Crippen LogP contribution >= 0.6 is 23.4 Å². The Balaban J connectivity index is 1.66. The highest BCUT2D eigenvalue weighted by atomic mass is 35.5. The zero-order valence-corrected chi connectivity index (χ0v) is 16.1. The molecular formula is C17H17ClN2O6S. The number of rotatable bonds is 6. The molecule has 8 nitrogen and oxygen atoms in total. The molecule has 0 aliphatic carbocycles. The monoisotopic (exact) mass is 412 g/mol. The van der Waals surface area contributed by atoms with Crippen LogP contribution in [0.5, 0.6) is 11.5 Å². The molecule has 1 aromatic carbocycles. The molecule has 144 valence electrons. The molecule has 2 heterocycles. The minimum Gasteiger partial charge on any atom is -0.493 e. The molecule has 2 N–H and O–H groups in total. The highest BCUT2D eigenvalue weighted by Gasteiger charge is 2.54. The van der Waals surface area contributed by atoms with Crippen molar-refractivity contribution in [3.8, 4) is 11.5 Å². The van der Waals surface area contributed by atoms with Gasteiger partial charge in [-0.3, -0.25) is 14.5 Å². The van der Waals surface area contributed by atoms with Gasteiger partial charge in [0.15, 0.2) is 11.5 Å². The van der Waals surface area contributed by atoms with E-state index in [2.05, 4.69) is 5.32 Å². The molecule has 1 fully saturated rings. The molecule has 0 saturated carbocycles. The highest BCUT2D eigenvalue weighted by molar-refractivity contribution is 8.00. The number of β-lactam (4-membered cyclic amide) rings is 1. The smallest absolute Gasteiger partial charge is 0.353 e. The Morgan fingerprint density at radius 2 is 2.04 bits per heavy atom. The molecule has 0 bridgehead atoms. The molecule has 2 amide bonds. The molecule has 27 heavy (non-hydrogen) atoms. The minimum atomic E-state index is -1.26. The molecular weight excluding hydrogens is 396 g/mol. The Labute approximate surface area is 164 Å². The fraction of sp³-hybridized carbons (Fsp3) is 0.353. The molecule has 2 atom stereocenters. The molecule has 3 rings (SSSR count). The van der Waals surface area contributed by atoms with Gasteiger partial charge in [0, 0.05) is 5.75 Å². The zero-order chi connectivity index (χ0) is 19.7. The fourth-order valence-corrected chi connectivity index (χ4v) is 4.53. The van der Waals surface area contributed by atoms with Crippen molar-refractivity contribution < 1.29 is 29.0 Å². The van der Waals surface area contributed by atoms with Crippen LogP contribution in [-0.4, -0.2) is 59.2 Å². The average molecular weight is 413 g/mol. The molecule has 10 heteroatoms. The maximum atomic E-state index is 12.4. The number of amides is 2. The predicted octanol–water partition coefficient (Wildman–Crippen LogP) is 1.18. The number of halogens is 1. The third-order valence-corrected chi connectivity index (χ3v) is 6.00. The molecule has 0 unspecified atom stereocenters. The van der Waals surface area contributed by atoms with E-state index in [-0.39, 0.29) is 28.8 Å². The second-order valence-electron chi connectivity index (χ2n) is 5.88. The van der Waals surface area contributed by atoms with E-state index >= 15 is 0 Å². The van der Waals surface area contributed by atoms with Crippen molar-refractivity contribution in [2.75, 3.05) is 20.0 Å². The first-order valence-electron chi connectivity index (χ1n) is 7.94. The van der Waals surface area contributed by atoms with Gasteiger partial charge in [0.2, 0.25) is 5.91 Å². The van der Waals surface area contributed by atoms with Crippen molar-refractivity contribution in [3.63, 3.8) is 0 Å². The van der Waals surface area contributed by atoms with Crippen molar-refractivity contribution in [1.29, 1.82) is 0 Å². The summed E-state index contributed by atoms with van der Waals surface area (Å²) in [4.78, 5) is 37.1. The Bertz CT molecular complexity index is 843. The number of hydrogen-bond donors (Lipinski definition) is 2. The number of thioether (sulfide) groups is 1. The van der Waals surface area contributed by atoms with Crippen LogP contribution in [0, 0.1) is 0 Å². The SMILES string of the molecule is COc1ccc(CC(=O)N[C@@H]2C(=O)N3C(C(=O)O)=C(Cl)CS[C@H]23)cc1OC. The number of carbonyl (C=O) groups is 3. The van der Waals surface area contributed by atoms with E-state index in [9.17, 15) is 19.5 Å². The summed E-state index contributed by atoms with van der Waals surface area (Å²) in [6, 6.07) is 4.34. The van der Waals surface area contributed by atoms with Crippen LogP contribution < -0.4 is 14.8 Å². The Morgan fingerprint density at radius 1 is 1.33 bits per heavy atom. The summed E-state index contributed by atoms with van der Waals surface area (Å²) in [7, 11) is 3.02. The Kier molecular flexibility index (Phi) is 5.52. The number of carboxylic acids is 1. The molecule has 2 aliphatic heterocycles. The molecule has 1 saturated heterocycles. The van der Waals surface area contributed by atoms with Gasteiger partial charge < -0.3 is 19.9 Å². The Hall–Kier alpha value is -2.39. The summed E-state index contributed by atoms with van der Waals surface area (Å²) in [5.41, 5.74) is 0.482. The zero-order valence-electron chi connectivity index (χ0n) is 14.5. The molecule has 0 spiro atoms. The summed E-state index contributed by atoms with van der Waals surface area (Å²) in [5, 5.41) is 11.6. The number of methoxy groups -OCH3 is 2. The third-order valence-electron chi connectivity index (χ3n) is 4.25. The van der Waals surface area contributed by atoms with Crippen LogP contribution in [-0.2, 0) is 20.8 Å². The van der Waals surface area contributed by atoms with Gasteiger partial charge in [0.25, 0.3) is 5.91 Å². The van der Waals surface area contributed by atoms with Crippen molar-refractivity contribution in [2.45, 2.75) is 17.8 Å². The summed E-state index contributed by atoms with van der Waals surface area (Å²) in [6.07, 6.45) is 0.0455. The number of aliphatic carboxylic acids is 1. The lowest BCUT2D eigenvalue weighted by molar-refractivity contribution is -0.150. The number of carboxylic acid groups (broad SMARTS) is 1. The van der Waals surface area contributed by atoms with Gasteiger partial charge >= 0.3 is 5.97 Å². The topological polar surface area (TPSA) is 105 Å². The average Bonchev–Trinajstić information content (AvgIpc) is 2.65. The number of fused-ring (bicyclic) bond motifs is 1. The first-order valence-corrected chi connectivity index (χ1v) is 9.37. The van der Waals surface area contributed by atoms with E-state index < -0.39 is 23.3 Å². The predicted molar refractivity (Wildman–Crippen MR) is 98.8 cm³/mol. The van der Waals surface area contributed by atoms with Gasteiger partial charge in [-0.2, -0.15) is 0 Å². The standard InChI is InChI=1S/C17H17ClN2O6S/c1-25-10-4-3-8(5-11(10)26-2)6-12(21)19-13-15(22)20-14(17(23)24)9(18)7-27-16(13)20/h3-5,13,16H,6-7H2,1-2H3,(H,19,21)(H,23,24)/t13-,16-/m1/s1. The van der Waals surface area contributed by atoms with Crippen molar-refractivity contribution >= 4 is 41.1 Å². The number of hydrogen-bond acceptors (Lipinski definition) is 6. The van der Waals surface area contributed by atoms with Crippen LogP contribution in [0.2, 0.25) is 0 Å². The summed E-state index contributed by atoms with van der Waals surface area (Å²) in [6.45, 7) is 0. The number of ether oxygens (including phenoxy) is 2. The van der Waals surface area contributed by atoms with Gasteiger partial charge in [0.1, 0.15) is 17.1 Å². The maximum Gasteiger partial charge on any atom is 0.353 e. The molecule has 0 radical (unpaired) electrons. The van der Waals surface area contributed by atoms with Crippen LogP contribution in [0.15, 0.2) is 28.9 Å². The van der Waals surface area contributed by atoms with Gasteiger partial charge in [-0.1, -0.05) is 17.7 Å². The van der Waals surface area contributed by atoms with E-state index in [0.29, 0.717) is 17.1 Å². The number of nitrogens with one attached hydrogen (secondary N) is 1. The van der Waals surface area contributed by atoms with Gasteiger partial charge in [-0.25, -0.2) is 4.79 Å². The molecule has 2 aliphatic rings. The number of benzene rings is 1. The normalized spacial score (nSPS) is 21.3. The lowest BCUT2D eigenvalue weighted by atomic mass is 10.0. The third kappa shape index (κ3) is 3.57. The van der Waals surface area contributed by atoms with Crippen molar-refractivity contribution in [3.05, 3.63) is 34.5 Å². The number of carbonyl (C=O) groups excluding carboxylic acids is 2. The quantitative estimate of drug-likeness (QED) is 0.676. The van der Waals surface area contributed by atoms with E-state index in [1.165, 1.54) is 26.0 Å². The highest BCUT2D eigenvalue weighted by Crippen LogP contribution is 2.41. The lowest BCUT2D eigenvalue weighted by Gasteiger charge is -2.48.